The van der Waals surface area contributed by atoms with Gasteiger partial charge in [-0.2, -0.15) is 4.98 Å². The van der Waals surface area contributed by atoms with Gasteiger partial charge in [0.2, 0.25) is 5.28 Å². The summed E-state index contributed by atoms with van der Waals surface area (Å²) in [5.74, 6) is -0.0355. The van der Waals surface area contributed by atoms with Crippen LogP contribution >= 0.6 is 34.8 Å². The fraction of sp³-hybridized carbons (Fsp3) is 0.0909. The predicted molar refractivity (Wildman–Crippen MR) is 79.0 cm³/mol. The van der Waals surface area contributed by atoms with E-state index in [9.17, 15) is 8.42 Å². The van der Waals surface area contributed by atoms with Crippen molar-refractivity contribution in [1.82, 2.24) is 9.97 Å². The molecule has 0 radical (unpaired) electrons. The van der Waals surface area contributed by atoms with Crippen LogP contribution in [-0.2, 0) is 10.0 Å². The maximum Gasteiger partial charge on any atom is 0.264 e. The largest absolute Gasteiger partial charge is 0.264 e. The lowest BCUT2D eigenvalue weighted by Gasteiger charge is -2.09. The number of hydrogen-bond acceptors (Lipinski definition) is 4. The van der Waals surface area contributed by atoms with Crippen molar-refractivity contribution in [2.75, 3.05) is 4.72 Å². The van der Waals surface area contributed by atoms with Crippen LogP contribution in [0.15, 0.2) is 29.2 Å². The van der Waals surface area contributed by atoms with Crippen molar-refractivity contribution in [1.29, 1.82) is 0 Å². The molecule has 0 bridgehead atoms. The normalized spacial score (nSPS) is 11.4. The Morgan fingerprint density at radius 2 is 1.80 bits per heavy atom. The Bertz CT molecular complexity index is 745. The van der Waals surface area contributed by atoms with Gasteiger partial charge in [-0.25, -0.2) is 13.4 Å². The lowest BCUT2D eigenvalue weighted by molar-refractivity contribution is 0.601. The fourth-order valence-corrected chi connectivity index (χ4v) is 3.46. The van der Waals surface area contributed by atoms with Crippen LogP contribution in [0.2, 0.25) is 15.5 Å². The Hall–Kier alpha value is -1.08. The van der Waals surface area contributed by atoms with Gasteiger partial charge in [-0.3, -0.25) is 4.72 Å². The first-order chi connectivity index (χ1) is 9.28. The summed E-state index contributed by atoms with van der Waals surface area (Å²) in [4.78, 5) is 7.29. The standard InChI is InChI=1S/C11H8Cl3N3O2S/c1-6-2-3-8(7(12)4-6)20(18,19)17-10-5-9(13)15-11(14)16-10/h2-5H,1H3,(H,15,16,17). The highest BCUT2D eigenvalue weighted by Gasteiger charge is 2.19. The Kier molecular flexibility index (Phi) is 4.39. The van der Waals surface area contributed by atoms with Crippen molar-refractivity contribution in [3.63, 3.8) is 0 Å². The average molecular weight is 353 g/mol. The second kappa shape index (κ2) is 5.73. The zero-order valence-corrected chi connectivity index (χ0v) is 13.1. The molecule has 5 nitrogen and oxygen atoms in total. The van der Waals surface area contributed by atoms with Gasteiger partial charge in [0.15, 0.2) is 0 Å². The van der Waals surface area contributed by atoms with Crippen LogP contribution in [0.1, 0.15) is 5.56 Å². The van der Waals surface area contributed by atoms with Gasteiger partial charge in [0.1, 0.15) is 15.9 Å². The van der Waals surface area contributed by atoms with E-state index in [2.05, 4.69) is 14.7 Å². The van der Waals surface area contributed by atoms with Gasteiger partial charge < -0.3 is 0 Å². The minimum atomic E-state index is -3.88. The maximum absolute atomic E-state index is 12.2. The van der Waals surface area contributed by atoms with Crippen molar-refractivity contribution in [3.8, 4) is 0 Å². The van der Waals surface area contributed by atoms with E-state index in [4.69, 9.17) is 34.8 Å². The predicted octanol–water partition coefficient (Wildman–Crippen LogP) is 3.55. The van der Waals surface area contributed by atoms with Crippen molar-refractivity contribution in [2.24, 2.45) is 0 Å². The Labute approximate surface area is 131 Å². The molecule has 1 aromatic carbocycles. The molecule has 2 aromatic rings. The number of nitrogens with one attached hydrogen (secondary N) is 1. The average Bonchev–Trinajstić information content (AvgIpc) is 2.25. The maximum atomic E-state index is 12.2. The zero-order chi connectivity index (χ0) is 14.9. The molecule has 1 heterocycles. The quantitative estimate of drug-likeness (QED) is 0.677. The third-order valence-corrected chi connectivity index (χ3v) is 4.48. The highest BCUT2D eigenvalue weighted by Crippen LogP contribution is 2.25. The van der Waals surface area contributed by atoms with Gasteiger partial charge in [-0.1, -0.05) is 29.3 Å². The summed E-state index contributed by atoms with van der Waals surface area (Å²) in [6, 6.07) is 5.84. The summed E-state index contributed by atoms with van der Waals surface area (Å²) in [6.45, 7) is 1.81. The van der Waals surface area contributed by atoms with Gasteiger partial charge >= 0.3 is 0 Å². The molecule has 0 aliphatic heterocycles. The number of halogens is 3. The summed E-state index contributed by atoms with van der Waals surface area (Å²) < 4.78 is 26.7. The number of rotatable bonds is 3. The molecule has 106 valence electrons. The topological polar surface area (TPSA) is 72.0 Å². The van der Waals surface area contributed by atoms with Gasteiger partial charge in [-0.15, -0.1) is 0 Å². The molecule has 0 spiro atoms. The Morgan fingerprint density at radius 1 is 1.10 bits per heavy atom. The molecular weight excluding hydrogens is 345 g/mol. The molecule has 1 aromatic heterocycles. The van der Waals surface area contributed by atoms with Crippen molar-refractivity contribution in [2.45, 2.75) is 11.8 Å². The molecule has 0 aliphatic rings. The molecule has 0 atom stereocenters. The number of nitrogens with zero attached hydrogens (tertiary/aromatic N) is 2. The summed E-state index contributed by atoms with van der Waals surface area (Å²) in [6.07, 6.45) is 0. The van der Waals surface area contributed by atoms with E-state index in [1.807, 2.05) is 0 Å². The Balaban J connectivity index is 2.40. The molecule has 9 heteroatoms. The zero-order valence-electron chi connectivity index (χ0n) is 10.1. The summed E-state index contributed by atoms with van der Waals surface area (Å²) in [5.41, 5.74) is 0.849. The van der Waals surface area contributed by atoms with Crippen LogP contribution in [-0.4, -0.2) is 18.4 Å². The molecule has 0 unspecified atom stereocenters. The monoisotopic (exact) mass is 351 g/mol. The van der Waals surface area contributed by atoms with E-state index in [-0.39, 0.29) is 26.2 Å². The second-order valence-electron chi connectivity index (χ2n) is 3.88. The van der Waals surface area contributed by atoms with Gasteiger partial charge in [0.25, 0.3) is 10.0 Å². The number of anilines is 1. The summed E-state index contributed by atoms with van der Waals surface area (Å²) in [7, 11) is -3.88. The SMILES string of the molecule is Cc1ccc(S(=O)(=O)Nc2cc(Cl)nc(Cl)n2)c(Cl)c1. The molecule has 0 saturated carbocycles. The first kappa shape index (κ1) is 15.3. The van der Waals surface area contributed by atoms with E-state index < -0.39 is 10.0 Å². The van der Waals surface area contributed by atoms with Gasteiger partial charge in [0.05, 0.1) is 5.02 Å². The molecular formula is C11H8Cl3N3O2S. The van der Waals surface area contributed by atoms with E-state index in [1.54, 1.807) is 19.1 Å². The molecule has 1 N–H and O–H groups in total. The van der Waals surface area contributed by atoms with Crippen LogP contribution in [0.25, 0.3) is 0 Å². The number of hydrogen-bond donors (Lipinski definition) is 1. The van der Waals surface area contributed by atoms with E-state index in [0.717, 1.165) is 5.56 Å². The number of sulfonamides is 1. The first-order valence-corrected chi connectivity index (χ1v) is 7.89. The van der Waals surface area contributed by atoms with Crippen LogP contribution in [0.5, 0.6) is 0 Å². The molecule has 0 amide bonds. The second-order valence-corrected chi connectivity index (χ2v) is 6.67. The van der Waals surface area contributed by atoms with Crippen LogP contribution in [0.3, 0.4) is 0 Å². The Morgan fingerprint density at radius 3 is 2.40 bits per heavy atom. The smallest absolute Gasteiger partial charge is 0.263 e. The molecule has 20 heavy (non-hydrogen) atoms. The number of aryl methyl sites for hydroxylation is 1. The van der Waals surface area contributed by atoms with Crippen molar-refractivity contribution >= 4 is 50.6 Å². The third-order valence-electron chi connectivity index (χ3n) is 2.28. The van der Waals surface area contributed by atoms with Gasteiger partial charge in [0, 0.05) is 6.07 Å². The lowest BCUT2D eigenvalue weighted by Crippen LogP contribution is -2.14. The highest BCUT2D eigenvalue weighted by molar-refractivity contribution is 7.92. The molecule has 0 aliphatic carbocycles. The van der Waals surface area contributed by atoms with E-state index in [1.165, 1.54) is 12.1 Å². The molecule has 2 rings (SSSR count). The number of benzene rings is 1. The lowest BCUT2D eigenvalue weighted by atomic mass is 10.2. The highest BCUT2D eigenvalue weighted by atomic mass is 35.5. The van der Waals surface area contributed by atoms with Gasteiger partial charge in [-0.05, 0) is 36.2 Å². The summed E-state index contributed by atoms with van der Waals surface area (Å²) in [5, 5.41) is -0.0216. The first-order valence-electron chi connectivity index (χ1n) is 5.27. The fourth-order valence-electron chi connectivity index (χ4n) is 1.46. The van der Waals surface area contributed by atoms with E-state index >= 15 is 0 Å². The van der Waals surface area contributed by atoms with E-state index in [0.29, 0.717) is 0 Å². The number of aromatic nitrogens is 2. The molecule has 0 saturated heterocycles. The molecule has 0 fully saturated rings. The van der Waals surface area contributed by atoms with Crippen LogP contribution in [0.4, 0.5) is 5.82 Å². The third kappa shape index (κ3) is 3.52. The van der Waals surface area contributed by atoms with Crippen LogP contribution < -0.4 is 4.72 Å². The van der Waals surface area contributed by atoms with Crippen LogP contribution in [0, 0.1) is 6.92 Å². The minimum Gasteiger partial charge on any atom is -0.263 e. The van der Waals surface area contributed by atoms with Crippen molar-refractivity contribution in [3.05, 3.63) is 45.3 Å². The minimum absolute atomic E-state index is 0.0257. The van der Waals surface area contributed by atoms with Crippen molar-refractivity contribution < 1.29 is 8.42 Å². The summed E-state index contributed by atoms with van der Waals surface area (Å²) >= 11 is 17.2.